The maximum absolute atomic E-state index is 12.8. The van der Waals surface area contributed by atoms with Gasteiger partial charge in [-0.05, 0) is 57.8 Å². The van der Waals surface area contributed by atoms with E-state index in [1.807, 2.05) is 21.1 Å². The second-order valence-corrected chi connectivity index (χ2v) is 18.8. The van der Waals surface area contributed by atoms with E-state index in [1.54, 1.807) is 0 Å². The van der Waals surface area contributed by atoms with Crippen molar-refractivity contribution in [2.24, 2.45) is 0 Å². The summed E-state index contributed by atoms with van der Waals surface area (Å²) in [6.07, 6.45) is 55.4. The molecule has 0 aliphatic heterocycles. The number of nitrogens with zero attached hydrogens (tertiary/aromatic N) is 1. The van der Waals surface area contributed by atoms with E-state index in [9.17, 15) is 19.5 Å². The molecule has 0 radical (unpaired) electrons. The molecule has 0 bridgehead atoms. The summed E-state index contributed by atoms with van der Waals surface area (Å²) in [6, 6.07) is 0. The molecule has 2 unspecified atom stereocenters. The minimum atomic E-state index is -1.63. The van der Waals surface area contributed by atoms with Crippen molar-refractivity contribution in [2.45, 2.75) is 232 Å². The van der Waals surface area contributed by atoms with Gasteiger partial charge in [0.1, 0.15) is 13.2 Å². The predicted molar refractivity (Wildman–Crippen MR) is 269 cm³/mol. The average Bonchev–Trinajstić information content (AvgIpc) is 3.27. The van der Waals surface area contributed by atoms with Crippen LogP contribution in [-0.2, 0) is 33.3 Å². The number of hydrogen-bond acceptors (Lipinski definition) is 8. The summed E-state index contributed by atoms with van der Waals surface area (Å²) < 4.78 is 22.6. The van der Waals surface area contributed by atoms with Crippen LogP contribution < -0.4 is 5.11 Å². The first-order valence-corrected chi connectivity index (χ1v) is 26.4. The van der Waals surface area contributed by atoms with Gasteiger partial charge in [-0.25, -0.2) is 0 Å². The van der Waals surface area contributed by atoms with Crippen LogP contribution in [-0.4, -0.2) is 82.3 Å². The van der Waals surface area contributed by atoms with Crippen molar-refractivity contribution in [3.63, 3.8) is 0 Å². The van der Waals surface area contributed by atoms with Gasteiger partial charge in [-0.2, -0.15) is 0 Å². The van der Waals surface area contributed by atoms with E-state index in [0.717, 1.165) is 83.5 Å². The minimum Gasteiger partial charge on any atom is -0.545 e. The lowest BCUT2D eigenvalue weighted by Gasteiger charge is -2.26. The van der Waals surface area contributed by atoms with Crippen molar-refractivity contribution >= 4 is 17.9 Å². The van der Waals surface area contributed by atoms with Gasteiger partial charge in [0, 0.05) is 12.8 Å². The molecule has 0 saturated carbocycles. The molecule has 0 spiro atoms. The van der Waals surface area contributed by atoms with Gasteiger partial charge in [-0.1, -0.05) is 209 Å². The highest BCUT2D eigenvalue weighted by Crippen LogP contribution is 2.16. The molecule has 0 saturated heterocycles. The Kier molecular flexibility index (Phi) is 45.3. The smallest absolute Gasteiger partial charge is 0.306 e. The van der Waals surface area contributed by atoms with E-state index in [2.05, 4.69) is 74.6 Å². The number of allylic oxidation sites excluding steroid dienone is 10. The number of quaternary nitrogens is 1. The molecule has 376 valence electrons. The fourth-order valence-electron chi connectivity index (χ4n) is 7.21. The molecule has 0 aromatic carbocycles. The van der Waals surface area contributed by atoms with Gasteiger partial charge in [0.05, 0.1) is 40.3 Å². The fraction of sp³-hybridized carbons (Fsp3) is 0.768. The number of carboxylic acids is 1. The van der Waals surface area contributed by atoms with Gasteiger partial charge in [0.15, 0.2) is 12.4 Å². The van der Waals surface area contributed by atoms with Crippen molar-refractivity contribution < 1.29 is 42.9 Å². The van der Waals surface area contributed by atoms with E-state index in [4.69, 9.17) is 18.9 Å². The molecule has 2 atom stereocenters. The first-order valence-electron chi connectivity index (χ1n) is 26.4. The van der Waals surface area contributed by atoms with Crippen LogP contribution >= 0.6 is 0 Å². The Labute approximate surface area is 399 Å². The molecule has 0 aliphatic carbocycles. The lowest BCUT2D eigenvalue weighted by atomic mass is 10.0. The summed E-state index contributed by atoms with van der Waals surface area (Å²) in [5, 5.41) is 11.7. The Morgan fingerprint density at radius 3 is 1.31 bits per heavy atom. The number of aliphatic carboxylic acids is 1. The molecule has 0 rings (SSSR count). The molecule has 9 heteroatoms. The number of unbranched alkanes of at least 4 members (excludes halogenated alkanes) is 23. The zero-order valence-electron chi connectivity index (χ0n) is 42.6. The molecular weight excluding hydrogens is 815 g/mol. The Morgan fingerprint density at radius 2 is 0.877 bits per heavy atom. The Balaban J connectivity index is 4.36. The van der Waals surface area contributed by atoms with Crippen molar-refractivity contribution in [3.05, 3.63) is 60.8 Å². The third kappa shape index (κ3) is 48.7. The minimum absolute atomic E-state index is 0.142. The average molecular weight is 914 g/mol. The highest BCUT2D eigenvalue weighted by atomic mass is 16.7. The van der Waals surface area contributed by atoms with Crippen LogP contribution in [0.5, 0.6) is 0 Å². The second kappa shape index (κ2) is 47.5. The molecule has 0 fully saturated rings. The Morgan fingerprint density at radius 1 is 0.477 bits per heavy atom. The van der Waals surface area contributed by atoms with E-state index in [0.29, 0.717) is 17.4 Å². The Bertz CT molecular complexity index is 1250. The van der Waals surface area contributed by atoms with Crippen LogP contribution in [0.3, 0.4) is 0 Å². The highest BCUT2D eigenvalue weighted by molar-refractivity contribution is 5.70. The van der Waals surface area contributed by atoms with Crippen molar-refractivity contribution in [3.8, 4) is 0 Å². The van der Waals surface area contributed by atoms with Crippen molar-refractivity contribution in [2.75, 3.05) is 47.5 Å². The van der Waals surface area contributed by atoms with Crippen LogP contribution in [0.15, 0.2) is 60.8 Å². The third-order valence-electron chi connectivity index (χ3n) is 11.3. The van der Waals surface area contributed by atoms with Gasteiger partial charge in [-0.3, -0.25) is 9.59 Å². The zero-order valence-corrected chi connectivity index (χ0v) is 42.6. The van der Waals surface area contributed by atoms with Gasteiger partial charge in [0.2, 0.25) is 0 Å². The summed E-state index contributed by atoms with van der Waals surface area (Å²) in [5.74, 6) is -2.30. The number of hydrogen-bond donors (Lipinski definition) is 0. The number of carbonyl (C=O) groups excluding carboxylic acids is 3. The summed E-state index contributed by atoms with van der Waals surface area (Å²) in [6.45, 7) is 4.62. The van der Waals surface area contributed by atoms with Gasteiger partial charge < -0.3 is 33.3 Å². The van der Waals surface area contributed by atoms with E-state index < -0.39 is 24.3 Å². The Hall–Kier alpha value is -3.01. The maximum Gasteiger partial charge on any atom is 0.306 e. The van der Waals surface area contributed by atoms with E-state index >= 15 is 0 Å². The molecule has 65 heavy (non-hydrogen) atoms. The number of ether oxygens (including phenoxy) is 4. The molecular formula is C56H99NO8. The molecule has 0 aromatic heterocycles. The number of carbonyl (C=O) groups is 3. The second-order valence-electron chi connectivity index (χ2n) is 18.8. The predicted octanol–water partition coefficient (Wildman–Crippen LogP) is 13.6. The van der Waals surface area contributed by atoms with Crippen LogP contribution in [0.2, 0.25) is 0 Å². The van der Waals surface area contributed by atoms with Crippen LogP contribution in [0.1, 0.15) is 219 Å². The van der Waals surface area contributed by atoms with Crippen LogP contribution in [0.25, 0.3) is 0 Å². The monoisotopic (exact) mass is 914 g/mol. The molecule has 0 amide bonds. The van der Waals surface area contributed by atoms with E-state index in [-0.39, 0.29) is 38.6 Å². The van der Waals surface area contributed by atoms with Gasteiger partial charge in [-0.15, -0.1) is 0 Å². The third-order valence-corrected chi connectivity index (χ3v) is 11.3. The van der Waals surface area contributed by atoms with Gasteiger partial charge >= 0.3 is 11.9 Å². The van der Waals surface area contributed by atoms with E-state index in [1.165, 1.54) is 103 Å². The van der Waals surface area contributed by atoms with Crippen molar-refractivity contribution in [1.82, 2.24) is 0 Å². The summed E-state index contributed by atoms with van der Waals surface area (Å²) in [7, 11) is 5.91. The lowest BCUT2D eigenvalue weighted by molar-refractivity contribution is -0.870. The fourth-order valence-corrected chi connectivity index (χ4v) is 7.21. The van der Waals surface area contributed by atoms with Crippen molar-refractivity contribution in [1.29, 1.82) is 0 Å². The zero-order chi connectivity index (χ0) is 47.7. The van der Waals surface area contributed by atoms with Crippen LogP contribution in [0.4, 0.5) is 0 Å². The maximum atomic E-state index is 12.8. The van der Waals surface area contributed by atoms with Gasteiger partial charge in [0.25, 0.3) is 0 Å². The first-order chi connectivity index (χ1) is 31.6. The SMILES string of the molecule is CC/C=C\C/C=C\C/C=C\C/C=C\C/C=C\CCCCCCCC(=O)OC(COC(=O)CCCCCCCCCCCCCCCCCCCCC)COC(OCC[N+](C)(C)C)C(=O)[O-]. The highest BCUT2D eigenvalue weighted by Gasteiger charge is 2.22. The quantitative estimate of drug-likeness (QED) is 0.0195. The summed E-state index contributed by atoms with van der Waals surface area (Å²) in [5.41, 5.74) is 0. The molecule has 0 aromatic rings. The number of esters is 2. The lowest BCUT2D eigenvalue weighted by Crippen LogP contribution is -2.44. The normalized spacial score (nSPS) is 13.3. The molecule has 9 nitrogen and oxygen atoms in total. The standard InChI is InChI=1S/C56H99NO8/c1-6-8-10-12-14-16-18-20-22-24-26-27-29-31-33-35-37-39-41-43-45-47-54(59)65-52(51-64-56(55(60)61)62-49-48-57(3,4)5)50-63-53(58)46-44-42-40-38-36-34-32-30-28-25-23-21-19-17-15-13-11-9-7-2/h8,10,14,16,20,22,26-27,31,33,52,56H,6-7,9,11-13,15,17-19,21,23-25,28-30,32,34-51H2,1-5H3/b10-8-,16-14-,22-20-,27-26-,33-31-. The molecule has 0 heterocycles. The summed E-state index contributed by atoms with van der Waals surface area (Å²) in [4.78, 5) is 37.2. The summed E-state index contributed by atoms with van der Waals surface area (Å²) >= 11 is 0. The molecule has 0 N–H and O–H groups in total. The largest absolute Gasteiger partial charge is 0.545 e. The van der Waals surface area contributed by atoms with Crippen LogP contribution in [0, 0.1) is 0 Å². The topological polar surface area (TPSA) is 111 Å². The number of carboxylic acid groups (broad SMARTS) is 1. The number of rotatable bonds is 48. The molecule has 0 aliphatic rings. The number of likely N-dealkylation sites (N-methyl/N-ethyl adjacent to an activating group) is 1. The first kappa shape index (κ1) is 62.0.